The number of fused-ring (bicyclic) bond motifs is 1. The second-order valence-electron chi connectivity index (χ2n) is 12.2. The molecule has 17 nitrogen and oxygen atoms in total. The summed E-state index contributed by atoms with van der Waals surface area (Å²) in [6.45, 7) is 2.23. The molecule has 0 fully saturated rings. The number of ether oxygens (including phenoxy) is 2. The van der Waals surface area contributed by atoms with Gasteiger partial charge in [0.2, 0.25) is 0 Å². The summed E-state index contributed by atoms with van der Waals surface area (Å²) in [6, 6.07) is 26.4. The lowest BCUT2D eigenvalue weighted by atomic mass is 10.1. The van der Waals surface area contributed by atoms with Gasteiger partial charge in [-0.3, -0.25) is 9.11 Å². The van der Waals surface area contributed by atoms with E-state index in [1.54, 1.807) is 37.3 Å². The first-order chi connectivity index (χ1) is 27.1. The minimum absolute atomic E-state index is 0.0645. The van der Waals surface area contributed by atoms with Crippen LogP contribution in [0.25, 0.3) is 10.8 Å². The molecule has 0 aliphatic heterocycles. The van der Waals surface area contributed by atoms with Gasteiger partial charge in [0.05, 0.1) is 30.5 Å². The summed E-state index contributed by atoms with van der Waals surface area (Å²) in [5.74, 6) is -0.681. The van der Waals surface area contributed by atoms with Crippen molar-refractivity contribution in [2.24, 2.45) is 30.7 Å². The second-order valence-corrected chi connectivity index (χ2v) is 15.0. The standard InChI is InChI=1S/C38H33N7O10S2/c1-22-15-31(34(54-2)19-29(22)41-40-25-9-12-27(13-10-25)56(48,49)50)43-44-32-18-33(46)30(20-35(32)55-3)42-45-37-36(57(51,52)53)17-24-16-26(11-14-28(24)38(37)47)39-21-23-7-5-4-6-8-23/h4-20,39,46-47H,21H2,1-3H3,(H,48,49,50)(H,51,52,53). The van der Waals surface area contributed by atoms with Crippen molar-refractivity contribution < 1.29 is 45.6 Å². The zero-order valence-electron chi connectivity index (χ0n) is 30.3. The Bertz CT molecular complexity index is 2800. The Labute approximate surface area is 326 Å². The number of azo groups is 3. The molecule has 19 heteroatoms. The van der Waals surface area contributed by atoms with E-state index in [-0.39, 0.29) is 38.8 Å². The van der Waals surface area contributed by atoms with Gasteiger partial charge in [0, 0.05) is 35.8 Å². The van der Waals surface area contributed by atoms with Gasteiger partial charge >= 0.3 is 0 Å². The first-order valence-corrected chi connectivity index (χ1v) is 19.5. The summed E-state index contributed by atoms with van der Waals surface area (Å²) in [5.41, 5.74) is 2.60. The Kier molecular flexibility index (Phi) is 11.6. The van der Waals surface area contributed by atoms with Gasteiger partial charge in [0.1, 0.15) is 44.9 Å². The molecule has 6 rings (SSSR count). The van der Waals surface area contributed by atoms with Crippen LogP contribution in [0, 0.1) is 6.92 Å². The minimum Gasteiger partial charge on any atom is -0.506 e. The van der Waals surface area contributed by atoms with Crippen LogP contribution in [0.1, 0.15) is 11.1 Å². The smallest absolute Gasteiger partial charge is 0.296 e. The van der Waals surface area contributed by atoms with Crippen LogP contribution in [-0.2, 0) is 26.8 Å². The number of phenols is 2. The van der Waals surface area contributed by atoms with E-state index in [9.17, 15) is 36.2 Å². The zero-order valence-corrected chi connectivity index (χ0v) is 31.9. The summed E-state index contributed by atoms with van der Waals surface area (Å²) in [5, 5.41) is 50.4. The van der Waals surface area contributed by atoms with Crippen LogP contribution in [0.5, 0.6) is 23.0 Å². The van der Waals surface area contributed by atoms with E-state index >= 15 is 0 Å². The summed E-state index contributed by atoms with van der Waals surface area (Å²) in [7, 11) is -6.52. The Morgan fingerprint density at radius 2 is 1.25 bits per heavy atom. The third kappa shape index (κ3) is 9.36. The fourth-order valence-electron chi connectivity index (χ4n) is 5.44. The lowest BCUT2D eigenvalue weighted by molar-refractivity contribution is 0.413. The van der Waals surface area contributed by atoms with Gasteiger partial charge in [0.15, 0.2) is 5.75 Å². The number of nitrogens with zero attached hydrogens (tertiary/aromatic N) is 6. The molecule has 0 aromatic heterocycles. The van der Waals surface area contributed by atoms with Crippen molar-refractivity contribution in [3.8, 4) is 23.0 Å². The number of hydrogen-bond donors (Lipinski definition) is 5. The Morgan fingerprint density at radius 3 is 1.88 bits per heavy atom. The number of rotatable bonds is 13. The molecule has 0 atom stereocenters. The molecule has 0 amide bonds. The monoisotopic (exact) mass is 811 g/mol. The number of phenolic OH excluding ortho intramolecular Hbond substituents is 2. The van der Waals surface area contributed by atoms with E-state index in [4.69, 9.17) is 9.47 Å². The van der Waals surface area contributed by atoms with Crippen LogP contribution in [-0.4, -0.2) is 50.4 Å². The van der Waals surface area contributed by atoms with Crippen LogP contribution in [0.2, 0.25) is 0 Å². The Balaban J connectivity index is 1.26. The summed E-state index contributed by atoms with van der Waals surface area (Å²) < 4.78 is 77.7. The molecule has 57 heavy (non-hydrogen) atoms. The highest BCUT2D eigenvalue weighted by atomic mass is 32.2. The first-order valence-electron chi connectivity index (χ1n) is 16.6. The van der Waals surface area contributed by atoms with Crippen molar-refractivity contribution in [3.05, 3.63) is 114 Å². The van der Waals surface area contributed by atoms with E-state index in [1.807, 2.05) is 30.3 Å². The van der Waals surface area contributed by atoms with Gasteiger partial charge in [0.25, 0.3) is 20.2 Å². The molecule has 0 spiro atoms. The largest absolute Gasteiger partial charge is 0.506 e. The van der Waals surface area contributed by atoms with Gasteiger partial charge in [-0.05, 0) is 78.0 Å². The van der Waals surface area contributed by atoms with Gasteiger partial charge in [-0.1, -0.05) is 30.3 Å². The van der Waals surface area contributed by atoms with E-state index in [0.717, 1.165) is 11.6 Å². The molecule has 0 heterocycles. The average Bonchev–Trinajstić information content (AvgIpc) is 3.18. The molecular formula is C38H33N7O10S2. The minimum atomic E-state index is -4.91. The molecule has 0 unspecified atom stereocenters. The topological polar surface area (TPSA) is 254 Å². The second kappa shape index (κ2) is 16.5. The van der Waals surface area contributed by atoms with E-state index in [1.165, 1.54) is 50.6 Å². The molecule has 292 valence electrons. The van der Waals surface area contributed by atoms with Crippen LogP contribution in [0.3, 0.4) is 0 Å². The van der Waals surface area contributed by atoms with Crippen molar-refractivity contribution in [3.63, 3.8) is 0 Å². The number of benzene rings is 6. The predicted octanol–water partition coefficient (Wildman–Crippen LogP) is 9.93. The summed E-state index contributed by atoms with van der Waals surface area (Å²) >= 11 is 0. The molecule has 0 saturated heterocycles. The highest BCUT2D eigenvalue weighted by Gasteiger charge is 2.23. The van der Waals surface area contributed by atoms with Crippen molar-refractivity contribution in [2.75, 3.05) is 19.5 Å². The highest BCUT2D eigenvalue weighted by Crippen LogP contribution is 2.45. The number of aryl methyl sites for hydroxylation is 1. The Morgan fingerprint density at radius 1 is 0.632 bits per heavy atom. The molecule has 0 aliphatic rings. The van der Waals surface area contributed by atoms with Crippen molar-refractivity contribution in [1.82, 2.24) is 0 Å². The molecule has 0 saturated carbocycles. The first kappa shape index (κ1) is 39.9. The molecule has 6 aromatic carbocycles. The fraction of sp³-hybridized carbons (Fsp3) is 0.105. The zero-order chi connectivity index (χ0) is 40.9. The Hall–Kier alpha value is -6.80. The highest BCUT2D eigenvalue weighted by molar-refractivity contribution is 7.86. The number of nitrogens with one attached hydrogen (secondary N) is 1. The number of anilines is 1. The quantitative estimate of drug-likeness (QED) is 0.0541. The normalized spacial score (nSPS) is 12.2. The van der Waals surface area contributed by atoms with Crippen molar-refractivity contribution in [2.45, 2.75) is 23.3 Å². The summed E-state index contributed by atoms with van der Waals surface area (Å²) in [6.07, 6.45) is 0. The molecule has 0 radical (unpaired) electrons. The molecule has 6 aromatic rings. The molecule has 0 bridgehead atoms. The lowest BCUT2D eigenvalue weighted by Gasteiger charge is -2.12. The average molecular weight is 812 g/mol. The lowest BCUT2D eigenvalue weighted by Crippen LogP contribution is -2.00. The van der Waals surface area contributed by atoms with E-state index in [0.29, 0.717) is 34.6 Å². The van der Waals surface area contributed by atoms with Gasteiger partial charge in [-0.25, -0.2) is 0 Å². The predicted molar refractivity (Wildman–Crippen MR) is 210 cm³/mol. The maximum absolute atomic E-state index is 12.5. The summed E-state index contributed by atoms with van der Waals surface area (Å²) in [4.78, 5) is -0.991. The van der Waals surface area contributed by atoms with Crippen LogP contribution in [0.4, 0.5) is 39.8 Å². The van der Waals surface area contributed by atoms with Crippen LogP contribution >= 0.6 is 0 Å². The van der Waals surface area contributed by atoms with Crippen LogP contribution < -0.4 is 14.8 Å². The molecule has 5 N–H and O–H groups in total. The number of aromatic hydroxyl groups is 2. The van der Waals surface area contributed by atoms with Gasteiger partial charge < -0.3 is 25.0 Å². The van der Waals surface area contributed by atoms with Crippen molar-refractivity contribution in [1.29, 1.82) is 0 Å². The SMILES string of the molecule is COc1cc(N=Nc2ccc(S(=O)(=O)O)cc2)c(C)cc1N=Nc1cc(O)c(N=Nc2c(S(=O)(=O)O)cc3cc(NCc4ccccc4)ccc3c2O)cc1OC. The maximum atomic E-state index is 12.5. The molecular weight excluding hydrogens is 779 g/mol. The van der Waals surface area contributed by atoms with Gasteiger partial charge in [-0.2, -0.15) is 27.1 Å². The van der Waals surface area contributed by atoms with Crippen LogP contribution in [0.15, 0.2) is 144 Å². The fourth-order valence-corrected chi connectivity index (χ4v) is 6.58. The molecule has 0 aliphatic carbocycles. The number of hydrogen-bond acceptors (Lipinski definition) is 15. The third-order valence-electron chi connectivity index (χ3n) is 8.37. The van der Waals surface area contributed by atoms with Gasteiger partial charge in [-0.15, -0.1) is 20.5 Å². The van der Waals surface area contributed by atoms with E-state index in [2.05, 4.69) is 36.0 Å². The number of methoxy groups -OCH3 is 2. The maximum Gasteiger partial charge on any atom is 0.296 e. The van der Waals surface area contributed by atoms with Crippen molar-refractivity contribution >= 4 is 70.8 Å². The van der Waals surface area contributed by atoms with E-state index < -0.39 is 42.3 Å². The third-order valence-corrected chi connectivity index (χ3v) is 10.1.